The zero-order valence-corrected chi connectivity index (χ0v) is 19.6. The number of rotatable bonds is 4. The lowest BCUT2D eigenvalue weighted by Crippen LogP contribution is -2.39. The van der Waals surface area contributed by atoms with Crippen molar-refractivity contribution in [1.29, 1.82) is 0 Å². The molecular weight excluding hydrogens is 444 g/mol. The number of nitrogens with one attached hydrogen (secondary N) is 2. The van der Waals surface area contributed by atoms with Gasteiger partial charge in [-0.2, -0.15) is 0 Å². The lowest BCUT2D eigenvalue weighted by atomic mass is 9.99. The second kappa shape index (κ2) is 8.79. The quantitative estimate of drug-likeness (QED) is 0.571. The Morgan fingerprint density at radius 2 is 1.71 bits per heavy atom. The van der Waals surface area contributed by atoms with Crippen LogP contribution in [0, 0.1) is 0 Å². The van der Waals surface area contributed by atoms with Crippen LogP contribution in [0.4, 0.5) is 11.4 Å². The number of amidine groups is 1. The van der Waals surface area contributed by atoms with Crippen molar-refractivity contribution in [3.05, 3.63) is 77.9 Å². The van der Waals surface area contributed by atoms with Crippen molar-refractivity contribution in [2.75, 3.05) is 44.7 Å². The molecule has 3 aromatic rings. The molecule has 2 N–H and O–H groups in total. The van der Waals surface area contributed by atoms with Crippen LogP contribution in [0.15, 0.2) is 71.7 Å². The molecule has 3 aliphatic heterocycles. The molecule has 8 heteroatoms. The first-order valence-corrected chi connectivity index (χ1v) is 11.5. The first kappa shape index (κ1) is 21.2. The number of anilines is 2. The molecule has 3 aliphatic rings. The molecule has 6 rings (SSSR count). The molecule has 3 heterocycles. The lowest BCUT2D eigenvalue weighted by Gasteiger charge is -2.42. The van der Waals surface area contributed by atoms with Crippen LogP contribution in [-0.2, 0) is 0 Å². The number of hydrogen-bond acceptors (Lipinski definition) is 8. The standard InChI is InChI=1S/C27H26N4O4/c1-32-19-11-17(12-20(14-19)33-2)27-30-22-6-4-3-5-21(22)23-15-26(28-16-31(23)27)29-18-7-8-24-25(13-18)35-10-9-34-24/h3-8,11-15,27,30H,9-10,16H2,1-2H3,(H,28,29). The fourth-order valence-electron chi connectivity index (χ4n) is 4.59. The average Bonchev–Trinajstić information content (AvgIpc) is 2.92. The van der Waals surface area contributed by atoms with Crippen LogP contribution in [-0.4, -0.2) is 44.8 Å². The minimum absolute atomic E-state index is 0.139. The maximum atomic E-state index is 5.73. The number of fused-ring (bicyclic) bond motifs is 4. The van der Waals surface area contributed by atoms with Gasteiger partial charge >= 0.3 is 0 Å². The summed E-state index contributed by atoms with van der Waals surface area (Å²) in [6.45, 7) is 1.60. The van der Waals surface area contributed by atoms with Crippen molar-refractivity contribution >= 4 is 22.9 Å². The first-order chi connectivity index (χ1) is 17.2. The number of nitrogens with zero attached hydrogens (tertiary/aromatic N) is 2. The summed E-state index contributed by atoms with van der Waals surface area (Å²) in [5.41, 5.74) is 5.19. The van der Waals surface area contributed by atoms with E-state index in [4.69, 9.17) is 23.9 Å². The number of para-hydroxylation sites is 1. The minimum atomic E-state index is -0.139. The Labute approximate surface area is 203 Å². The molecule has 0 saturated carbocycles. The summed E-state index contributed by atoms with van der Waals surface area (Å²) in [6, 6.07) is 20.1. The van der Waals surface area contributed by atoms with E-state index in [1.54, 1.807) is 14.2 Å². The highest BCUT2D eigenvalue weighted by Crippen LogP contribution is 2.42. The molecule has 0 fully saturated rings. The van der Waals surface area contributed by atoms with E-state index in [9.17, 15) is 0 Å². The molecule has 0 radical (unpaired) electrons. The zero-order chi connectivity index (χ0) is 23.8. The summed E-state index contributed by atoms with van der Waals surface area (Å²) < 4.78 is 22.4. The molecule has 35 heavy (non-hydrogen) atoms. The first-order valence-electron chi connectivity index (χ1n) is 11.5. The largest absolute Gasteiger partial charge is 0.497 e. The molecular formula is C27H26N4O4. The van der Waals surface area contributed by atoms with E-state index in [1.165, 1.54) is 0 Å². The van der Waals surface area contributed by atoms with E-state index in [0.717, 1.165) is 57.0 Å². The maximum absolute atomic E-state index is 5.73. The molecule has 3 aromatic carbocycles. The highest BCUT2D eigenvalue weighted by Gasteiger charge is 2.32. The van der Waals surface area contributed by atoms with Crippen molar-refractivity contribution in [3.63, 3.8) is 0 Å². The van der Waals surface area contributed by atoms with Crippen molar-refractivity contribution in [2.24, 2.45) is 4.99 Å². The predicted octanol–water partition coefficient (Wildman–Crippen LogP) is 4.72. The smallest absolute Gasteiger partial charge is 0.163 e. The third-order valence-electron chi connectivity index (χ3n) is 6.29. The van der Waals surface area contributed by atoms with Gasteiger partial charge in [0.05, 0.1) is 19.9 Å². The van der Waals surface area contributed by atoms with Gasteiger partial charge in [0.15, 0.2) is 11.5 Å². The highest BCUT2D eigenvalue weighted by atomic mass is 16.6. The van der Waals surface area contributed by atoms with Gasteiger partial charge in [0, 0.05) is 40.7 Å². The Morgan fingerprint density at radius 3 is 2.51 bits per heavy atom. The second-order valence-corrected chi connectivity index (χ2v) is 8.41. The summed E-state index contributed by atoms with van der Waals surface area (Å²) in [5, 5.41) is 7.10. The molecule has 1 unspecified atom stereocenters. The van der Waals surface area contributed by atoms with Gasteiger partial charge in [0.1, 0.15) is 43.4 Å². The van der Waals surface area contributed by atoms with E-state index in [1.807, 2.05) is 48.5 Å². The number of aliphatic imine (C=N–C) groups is 1. The third kappa shape index (κ3) is 3.97. The summed E-state index contributed by atoms with van der Waals surface area (Å²) in [5.74, 6) is 3.78. The molecule has 0 aliphatic carbocycles. The maximum Gasteiger partial charge on any atom is 0.163 e. The SMILES string of the molecule is COc1cc(OC)cc(C2Nc3ccccc3C3=CC(Nc4ccc5c(c4)OCCO5)=NCN32)c1. The van der Waals surface area contributed by atoms with Crippen LogP contribution < -0.4 is 29.6 Å². The van der Waals surface area contributed by atoms with Gasteiger partial charge in [-0.1, -0.05) is 18.2 Å². The van der Waals surface area contributed by atoms with E-state index in [0.29, 0.717) is 19.9 Å². The van der Waals surface area contributed by atoms with E-state index in [2.05, 4.69) is 33.7 Å². The Hall–Kier alpha value is -4.33. The van der Waals surface area contributed by atoms with Gasteiger partial charge in [-0.15, -0.1) is 0 Å². The van der Waals surface area contributed by atoms with Crippen LogP contribution in [0.2, 0.25) is 0 Å². The Kier molecular flexibility index (Phi) is 5.33. The molecule has 0 amide bonds. The monoisotopic (exact) mass is 470 g/mol. The normalized spacial score (nSPS) is 17.8. The fourth-order valence-corrected chi connectivity index (χ4v) is 4.59. The van der Waals surface area contributed by atoms with E-state index < -0.39 is 0 Å². The summed E-state index contributed by atoms with van der Waals surface area (Å²) in [6.07, 6.45) is 1.95. The van der Waals surface area contributed by atoms with Crippen molar-refractivity contribution < 1.29 is 18.9 Å². The highest BCUT2D eigenvalue weighted by molar-refractivity contribution is 6.09. The molecule has 0 spiro atoms. The summed E-state index contributed by atoms with van der Waals surface area (Å²) >= 11 is 0. The number of hydrogen-bond donors (Lipinski definition) is 2. The van der Waals surface area contributed by atoms with Gasteiger partial charge in [-0.05, 0) is 30.3 Å². The molecule has 0 bridgehead atoms. The molecule has 8 nitrogen and oxygen atoms in total. The van der Waals surface area contributed by atoms with Gasteiger partial charge in [0.2, 0.25) is 0 Å². The van der Waals surface area contributed by atoms with Gasteiger partial charge in [-0.3, -0.25) is 0 Å². The predicted molar refractivity (Wildman–Crippen MR) is 136 cm³/mol. The zero-order valence-electron chi connectivity index (χ0n) is 19.6. The van der Waals surface area contributed by atoms with Gasteiger partial charge in [0.25, 0.3) is 0 Å². The molecule has 0 saturated heterocycles. The van der Waals surface area contributed by atoms with Crippen molar-refractivity contribution in [3.8, 4) is 23.0 Å². The summed E-state index contributed by atoms with van der Waals surface area (Å²) in [7, 11) is 3.32. The van der Waals surface area contributed by atoms with Crippen molar-refractivity contribution in [2.45, 2.75) is 6.17 Å². The van der Waals surface area contributed by atoms with Crippen LogP contribution >= 0.6 is 0 Å². The van der Waals surface area contributed by atoms with Crippen LogP contribution in [0.5, 0.6) is 23.0 Å². The molecule has 0 aromatic heterocycles. The van der Waals surface area contributed by atoms with E-state index >= 15 is 0 Å². The van der Waals surface area contributed by atoms with Crippen LogP contribution in [0.3, 0.4) is 0 Å². The number of benzene rings is 3. The fraction of sp³-hybridized carbons (Fsp3) is 0.222. The Balaban J connectivity index is 1.35. The van der Waals surface area contributed by atoms with Gasteiger partial charge < -0.3 is 34.5 Å². The molecule has 1 atom stereocenters. The molecule has 178 valence electrons. The third-order valence-corrected chi connectivity index (χ3v) is 6.29. The Bertz CT molecular complexity index is 1310. The minimum Gasteiger partial charge on any atom is -0.497 e. The lowest BCUT2D eigenvalue weighted by molar-refractivity contribution is 0.171. The van der Waals surface area contributed by atoms with E-state index in [-0.39, 0.29) is 6.17 Å². The number of ether oxygens (including phenoxy) is 4. The Morgan fingerprint density at radius 1 is 0.943 bits per heavy atom. The topological polar surface area (TPSA) is 76.6 Å². The summed E-state index contributed by atoms with van der Waals surface area (Å²) in [4.78, 5) is 7.08. The second-order valence-electron chi connectivity index (χ2n) is 8.41. The van der Waals surface area contributed by atoms with Crippen molar-refractivity contribution in [1.82, 2.24) is 4.90 Å². The van der Waals surface area contributed by atoms with Crippen LogP contribution in [0.25, 0.3) is 5.70 Å². The number of methoxy groups -OCH3 is 2. The average molecular weight is 471 g/mol. The van der Waals surface area contributed by atoms with Gasteiger partial charge in [-0.25, -0.2) is 4.99 Å². The van der Waals surface area contributed by atoms with Crippen LogP contribution in [0.1, 0.15) is 17.3 Å².